The van der Waals surface area contributed by atoms with Crippen molar-refractivity contribution in [3.05, 3.63) is 35.9 Å². The maximum atomic E-state index is 11.5. The minimum absolute atomic E-state index is 0.0484. The van der Waals surface area contributed by atoms with Gasteiger partial charge in [0.15, 0.2) is 0 Å². The Balaban J connectivity index is 2.39. The van der Waals surface area contributed by atoms with Crippen molar-refractivity contribution in [2.24, 2.45) is 5.73 Å². The summed E-state index contributed by atoms with van der Waals surface area (Å²) >= 11 is 0. The highest BCUT2D eigenvalue weighted by atomic mass is 16.2. The maximum absolute atomic E-state index is 11.5. The predicted molar refractivity (Wildman–Crippen MR) is 65.1 cm³/mol. The van der Waals surface area contributed by atoms with E-state index in [-0.39, 0.29) is 30.9 Å². The molecule has 1 atom stereocenters. The standard InChI is InChI=1S/C12H17N3O2/c1-9(10-5-3-2-4-6-10)15-12(17)8-14-11(16)7-13/h2-6,9H,7-8,13H2,1H3,(H,14,16)(H,15,17)/t9-/m1/s1. The second-order valence-corrected chi connectivity index (χ2v) is 3.68. The molecule has 92 valence electrons. The molecule has 0 bridgehead atoms. The predicted octanol–water partition coefficient (Wildman–Crippen LogP) is -0.0613. The smallest absolute Gasteiger partial charge is 0.239 e. The van der Waals surface area contributed by atoms with Crippen LogP contribution in [0.1, 0.15) is 18.5 Å². The monoisotopic (exact) mass is 235 g/mol. The molecule has 4 N–H and O–H groups in total. The third kappa shape index (κ3) is 4.65. The van der Waals surface area contributed by atoms with Crippen LogP contribution in [0.2, 0.25) is 0 Å². The molecule has 0 spiro atoms. The summed E-state index contributed by atoms with van der Waals surface area (Å²) in [7, 11) is 0. The molecule has 2 amide bonds. The Bertz CT molecular complexity index is 379. The van der Waals surface area contributed by atoms with E-state index in [1.165, 1.54) is 0 Å². The summed E-state index contributed by atoms with van der Waals surface area (Å²) < 4.78 is 0. The van der Waals surface area contributed by atoms with Crippen LogP contribution < -0.4 is 16.4 Å². The fourth-order valence-corrected chi connectivity index (χ4v) is 1.37. The van der Waals surface area contributed by atoms with Crippen molar-refractivity contribution in [2.45, 2.75) is 13.0 Å². The van der Waals surface area contributed by atoms with Crippen LogP contribution >= 0.6 is 0 Å². The van der Waals surface area contributed by atoms with Crippen molar-refractivity contribution in [1.82, 2.24) is 10.6 Å². The largest absolute Gasteiger partial charge is 0.348 e. The van der Waals surface area contributed by atoms with Crippen molar-refractivity contribution < 1.29 is 9.59 Å². The number of carbonyl (C=O) groups excluding carboxylic acids is 2. The highest BCUT2D eigenvalue weighted by molar-refractivity contribution is 5.85. The molecule has 1 rings (SSSR count). The van der Waals surface area contributed by atoms with Crippen LogP contribution in [0.3, 0.4) is 0 Å². The van der Waals surface area contributed by atoms with Gasteiger partial charge in [-0.2, -0.15) is 0 Å². The summed E-state index contributed by atoms with van der Waals surface area (Å²) in [6, 6.07) is 9.52. The second-order valence-electron chi connectivity index (χ2n) is 3.68. The Hall–Kier alpha value is -1.88. The molecular weight excluding hydrogens is 218 g/mol. The van der Waals surface area contributed by atoms with Crippen LogP contribution in [0.25, 0.3) is 0 Å². The lowest BCUT2D eigenvalue weighted by Gasteiger charge is -2.14. The summed E-state index contributed by atoms with van der Waals surface area (Å²) in [5.41, 5.74) is 6.13. The first kappa shape index (κ1) is 13.2. The molecule has 5 nitrogen and oxygen atoms in total. The van der Waals surface area contributed by atoms with E-state index in [4.69, 9.17) is 5.73 Å². The number of benzene rings is 1. The maximum Gasteiger partial charge on any atom is 0.239 e. The highest BCUT2D eigenvalue weighted by Gasteiger charge is 2.09. The number of rotatable bonds is 5. The fraction of sp³-hybridized carbons (Fsp3) is 0.333. The molecule has 0 aliphatic heterocycles. The number of carbonyl (C=O) groups is 2. The number of nitrogens with one attached hydrogen (secondary N) is 2. The lowest BCUT2D eigenvalue weighted by molar-refractivity contribution is -0.125. The lowest BCUT2D eigenvalue weighted by atomic mass is 10.1. The third-order valence-corrected chi connectivity index (χ3v) is 2.31. The van der Waals surface area contributed by atoms with Gasteiger partial charge in [-0.15, -0.1) is 0 Å². The number of hydrogen-bond donors (Lipinski definition) is 3. The Morgan fingerprint density at radius 1 is 1.24 bits per heavy atom. The molecule has 0 fully saturated rings. The summed E-state index contributed by atoms with van der Waals surface area (Å²) in [5.74, 6) is -0.573. The van der Waals surface area contributed by atoms with Gasteiger partial charge in [-0.1, -0.05) is 30.3 Å². The number of amides is 2. The van der Waals surface area contributed by atoms with Crippen molar-refractivity contribution >= 4 is 11.8 Å². The molecule has 5 heteroatoms. The zero-order chi connectivity index (χ0) is 12.7. The van der Waals surface area contributed by atoms with Gasteiger partial charge in [0, 0.05) is 0 Å². The van der Waals surface area contributed by atoms with Crippen LogP contribution in [0.15, 0.2) is 30.3 Å². The summed E-state index contributed by atoms with van der Waals surface area (Å²) in [6.07, 6.45) is 0. The van der Waals surface area contributed by atoms with Crippen LogP contribution in [0.5, 0.6) is 0 Å². The highest BCUT2D eigenvalue weighted by Crippen LogP contribution is 2.10. The Morgan fingerprint density at radius 3 is 2.47 bits per heavy atom. The number of hydrogen-bond acceptors (Lipinski definition) is 3. The van der Waals surface area contributed by atoms with E-state index in [2.05, 4.69) is 10.6 Å². The quantitative estimate of drug-likeness (QED) is 0.668. The minimum atomic E-state index is -0.340. The van der Waals surface area contributed by atoms with Gasteiger partial charge in [0.25, 0.3) is 0 Å². The van der Waals surface area contributed by atoms with Gasteiger partial charge in [-0.25, -0.2) is 0 Å². The van der Waals surface area contributed by atoms with E-state index >= 15 is 0 Å². The van der Waals surface area contributed by atoms with Gasteiger partial charge in [0.2, 0.25) is 11.8 Å². The van der Waals surface area contributed by atoms with Crippen molar-refractivity contribution in [3.63, 3.8) is 0 Å². The van der Waals surface area contributed by atoms with Crippen LogP contribution in [-0.2, 0) is 9.59 Å². The molecule has 0 radical (unpaired) electrons. The topological polar surface area (TPSA) is 84.2 Å². The van der Waals surface area contributed by atoms with Gasteiger partial charge in [-0.3, -0.25) is 9.59 Å². The lowest BCUT2D eigenvalue weighted by Crippen LogP contribution is -2.40. The third-order valence-electron chi connectivity index (χ3n) is 2.31. The van der Waals surface area contributed by atoms with Gasteiger partial charge in [0.05, 0.1) is 19.1 Å². The second kappa shape index (κ2) is 6.65. The first-order chi connectivity index (χ1) is 8.13. The minimum Gasteiger partial charge on any atom is -0.348 e. The molecule has 1 aromatic rings. The van der Waals surface area contributed by atoms with E-state index in [9.17, 15) is 9.59 Å². The summed E-state index contributed by atoms with van der Waals surface area (Å²) in [6.45, 7) is 1.73. The first-order valence-electron chi connectivity index (χ1n) is 5.44. The normalized spacial score (nSPS) is 11.6. The molecule has 0 saturated heterocycles. The average molecular weight is 235 g/mol. The summed E-state index contributed by atoms with van der Waals surface area (Å²) in [4.78, 5) is 22.3. The molecule has 0 aliphatic rings. The van der Waals surface area contributed by atoms with Gasteiger partial charge < -0.3 is 16.4 Å². The van der Waals surface area contributed by atoms with Crippen LogP contribution in [0.4, 0.5) is 0 Å². The molecular formula is C12H17N3O2. The van der Waals surface area contributed by atoms with Gasteiger partial charge >= 0.3 is 0 Å². The Morgan fingerprint density at radius 2 is 1.88 bits per heavy atom. The van der Waals surface area contributed by atoms with Gasteiger partial charge in [-0.05, 0) is 12.5 Å². The van der Waals surface area contributed by atoms with Crippen LogP contribution in [-0.4, -0.2) is 24.9 Å². The Kier molecular flexibility index (Phi) is 5.16. The van der Waals surface area contributed by atoms with E-state index in [0.29, 0.717) is 0 Å². The molecule has 0 heterocycles. The zero-order valence-electron chi connectivity index (χ0n) is 9.77. The van der Waals surface area contributed by atoms with Crippen LogP contribution in [0, 0.1) is 0 Å². The van der Waals surface area contributed by atoms with Gasteiger partial charge in [0.1, 0.15) is 0 Å². The zero-order valence-corrected chi connectivity index (χ0v) is 9.77. The molecule has 0 aliphatic carbocycles. The average Bonchev–Trinajstić information content (AvgIpc) is 2.36. The molecule has 0 saturated carbocycles. The first-order valence-corrected chi connectivity index (χ1v) is 5.44. The Labute approximate surface area is 100 Å². The molecule has 17 heavy (non-hydrogen) atoms. The molecule has 0 unspecified atom stereocenters. The van der Waals surface area contributed by atoms with Crippen molar-refractivity contribution in [3.8, 4) is 0 Å². The van der Waals surface area contributed by atoms with E-state index in [1.807, 2.05) is 37.3 Å². The molecule has 1 aromatic carbocycles. The summed E-state index contributed by atoms with van der Waals surface area (Å²) in [5, 5.41) is 5.19. The number of nitrogens with two attached hydrogens (primary N) is 1. The van der Waals surface area contributed by atoms with Crippen molar-refractivity contribution in [1.29, 1.82) is 0 Å². The SMILES string of the molecule is C[C@@H](NC(=O)CNC(=O)CN)c1ccccc1. The molecule has 0 aromatic heterocycles. The fourth-order valence-electron chi connectivity index (χ4n) is 1.37. The van der Waals surface area contributed by atoms with E-state index < -0.39 is 0 Å². The van der Waals surface area contributed by atoms with E-state index in [1.54, 1.807) is 0 Å². The van der Waals surface area contributed by atoms with Crippen molar-refractivity contribution in [2.75, 3.05) is 13.1 Å². The van der Waals surface area contributed by atoms with E-state index in [0.717, 1.165) is 5.56 Å².